The summed E-state index contributed by atoms with van der Waals surface area (Å²) in [5.74, 6) is 2.72. The molecule has 0 atom stereocenters. The van der Waals surface area contributed by atoms with E-state index in [2.05, 4.69) is 52.2 Å². The molecule has 0 aliphatic rings. The smallest absolute Gasteiger partial charge is 0.191 e. The van der Waals surface area contributed by atoms with Crippen molar-refractivity contribution in [3.63, 3.8) is 0 Å². The molecule has 0 unspecified atom stereocenters. The maximum atomic E-state index is 5.30. The predicted octanol–water partition coefficient (Wildman–Crippen LogP) is 5.28. The van der Waals surface area contributed by atoms with Crippen LogP contribution in [0.2, 0.25) is 0 Å². The molecule has 2 aromatic heterocycles. The average Bonchev–Trinajstić information content (AvgIpc) is 3.27. The Balaban J connectivity index is 1.81. The van der Waals surface area contributed by atoms with E-state index in [0.29, 0.717) is 0 Å². The number of aryl methyl sites for hydroxylation is 1. The van der Waals surface area contributed by atoms with Gasteiger partial charge in [0.15, 0.2) is 11.0 Å². The molecule has 1 aromatic carbocycles. The van der Waals surface area contributed by atoms with Gasteiger partial charge in [0, 0.05) is 28.1 Å². The zero-order valence-electron chi connectivity index (χ0n) is 14.9. The highest BCUT2D eigenvalue weighted by atomic mass is 32.2. The third-order valence-electron chi connectivity index (χ3n) is 3.93. The molecule has 0 spiro atoms. The second kappa shape index (κ2) is 8.54. The molecule has 0 N–H and O–H groups in total. The topological polar surface area (TPSA) is 39.9 Å². The van der Waals surface area contributed by atoms with Gasteiger partial charge in [-0.2, -0.15) is 0 Å². The van der Waals surface area contributed by atoms with Gasteiger partial charge in [-0.25, -0.2) is 0 Å². The first-order valence-corrected chi connectivity index (χ1v) is 10.4. The first kappa shape index (κ1) is 18.0. The summed E-state index contributed by atoms with van der Waals surface area (Å²) < 4.78 is 7.55. The van der Waals surface area contributed by atoms with Gasteiger partial charge in [-0.05, 0) is 36.6 Å². The molecule has 0 saturated heterocycles. The molecule has 3 aromatic rings. The molecular weight excluding hydrogens is 350 g/mol. The third kappa shape index (κ3) is 4.25. The van der Waals surface area contributed by atoms with Crippen molar-refractivity contribution < 1.29 is 4.74 Å². The number of thioether (sulfide) groups is 1. The van der Waals surface area contributed by atoms with E-state index in [4.69, 9.17) is 4.74 Å². The highest BCUT2D eigenvalue weighted by molar-refractivity contribution is 7.98. The van der Waals surface area contributed by atoms with Crippen molar-refractivity contribution in [2.45, 2.75) is 44.1 Å². The number of aromatic nitrogens is 3. The molecule has 25 heavy (non-hydrogen) atoms. The van der Waals surface area contributed by atoms with Gasteiger partial charge in [0.25, 0.3) is 0 Å². The van der Waals surface area contributed by atoms with Crippen LogP contribution in [0.3, 0.4) is 0 Å². The molecule has 0 bridgehead atoms. The quantitative estimate of drug-likeness (QED) is 0.504. The van der Waals surface area contributed by atoms with Crippen LogP contribution >= 0.6 is 23.1 Å². The van der Waals surface area contributed by atoms with Crippen LogP contribution in [0.5, 0.6) is 5.75 Å². The van der Waals surface area contributed by atoms with Crippen LogP contribution in [0.25, 0.3) is 11.4 Å². The number of methoxy groups -OCH3 is 1. The number of hydrogen-bond donors (Lipinski definition) is 0. The minimum absolute atomic E-state index is 0.850. The van der Waals surface area contributed by atoms with Crippen LogP contribution in [-0.2, 0) is 18.7 Å². The normalized spacial score (nSPS) is 11.0. The largest absolute Gasteiger partial charge is 0.497 e. The lowest BCUT2D eigenvalue weighted by atomic mass is 10.2. The highest BCUT2D eigenvalue weighted by Gasteiger charge is 2.15. The number of hydrogen-bond acceptors (Lipinski definition) is 5. The van der Waals surface area contributed by atoms with E-state index in [9.17, 15) is 0 Å². The molecule has 0 radical (unpaired) electrons. The Bertz CT molecular complexity index is 826. The van der Waals surface area contributed by atoms with Gasteiger partial charge in [0.2, 0.25) is 0 Å². The summed E-state index contributed by atoms with van der Waals surface area (Å²) in [4.78, 5) is 1.38. The Morgan fingerprint density at radius 1 is 1.20 bits per heavy atom. The van der Waals surface area contributed by atoms with Crippen LogP contribution in [0.1, 0.15) is 30.7 Å². The van der Waals surface area contributed by atoms with Crippen molar-refractivity contribution in [2.24, 2.45) is 0 Å². The lowest BCUT2D eigenvalue weighted by molar-refractivity contribution is 0.414. The Labute approximate surface area is 157 Å². The van der Waals surface area contributed by atoms with E-state index in [1.807, 2.05) is 12.1 Å². The van der Waals surface area contributed by atoms with Gasteiger partial charge in [-0.3, -0.25) is 0 Å². The minimum Gasteiger partial charge on any atom is -0.497 e. The second-order valence-corrected chi connectivity index (χ2v) is 7.69. The van der Waals surface area contributed by atoms with E-state index >= 15 is 0 Å². The Morgan fingerprint density at radius 2 is 2.08 bits per heavy atom. The van der Waals surface area contributed by atoms with Gasteiger partial charge in [-0.15, -0.1) is 21.5 Å². The summed E-state index contributed by atoms with van der Waals surface area (Å²) in [7, 11) is 1.70. The SMILES string of the molecule is CCCn1c(SCc2cccc(OC)c2)nnc1-c1csc(CC)c1. The summed E-state index contributed by atoms with van der Waals surface area (Å²) in [5, 5.41) is 12.1. The summed E-state index contributed by atoms with van der Waals surface area (Å²) >= 11 is 3.52. The van der Waals surface area contributed by atoms with E-state index in [-0.39, 0.29) is 0 Å². The standard InChI is InChI=1S/C19H23N3OS2/c1-4-9-22-18(15-11-17(5-2)24-13-15)20-21-19(22)25-12-14-7-6-8-16(10-14)23-3/h6-8,10-11,13H,4-5,9,12H2,1-3H3. The lowest BCUT2D eigenvalue weighted by Crippen LogP contribution is -2.01. The second-order valence-electron chi connectivity index (χ2n) is 5.75. The van der Waals surface area contributed by atoms with Gasteiger partial charge in [0.05, 0.1) is 7.11 Å². The summed E-state index contributed by atoms with van der Waals surface area (Å²) in [6, 6.07) is 10.4. The number of nitrogens with zero attached hydrogens (tertiary/aromatic N) is 3. The molecule has 0 amide bonds. The van der Waals surface area contributed by atoms with Crippen molar-refractivity contribution in [1.29, 1.82) is 0 Å². The molecule has 3 rings (SSSR count). The number of benzene rings is 1. The fraction of sp³-hybridized carbons (Fsp3) is 0.368. The number of ether oxygens (including phenoxy) is 1. The third-order valence-corrected chi connectivity index (χ3v) is 6.05. The average molecular weight is 374 g/mol. The van der Waals surface area contributed by atoms with Crippen LogP contribution in [0.15, 0.2) is 40.9 Å². The zero-order chi connectivity index (χ0) is 17.6. The molecule has 4 nitrogen and oxygen atoms in total. The van der Waals surface area contributed by atoms with E-state index in [1.165, 1.54) is 16.0 Å². The Morgan fingerprint density at radius 3 is 2.80 bits per heavy atom. The van der Waals surface area contributed by atoms with E-state index < -0.39 is 0 Å². The Hall–Kier alpha value is -1.79. The first-order chi connectivity index (χ1) is 12.2. The van der Waals surface area contributed by atoms with Crippen LogP contribution < -0.4 is 4.74 Å². The fourth-order valence-corrected chi connectivity index (χ4v) is 4.35. The Kier molecular flexibility index (Phi) is 6.15. The van der Waals surface area contributed by atoms with Crippen LogP contribution in [0, 0.1) is 0 Å². The summed E-state index contributed by atoms with van der Waals surface area (Å²) in [6.07, 6.45) is 2.12. The van der Waals surface area contributed by atoms with Crippen LogP contribution in [-0.4, -0.2) is 21.9 Å². The lowest BCUT2D eigenvalue weighted by Gasteiger charge is -2.08. The van der Waals surface area contributed by atoms with Gasteiger partial charge < -0.3 is 9.30 Å². The van der Waals surface area contributed by atoms with Crippen molar-refractivity contribution >= 4 is 23.1 Å². The van der Waals surface area contributed by atoms with Gasteiger partial charge in [0.1, 0.15) is 5.75 Å². The molecule has 6 heteroatoms. The predicted molar refractivity (Wildman–Crippen MR) is 106 cm³/mol. The maximum Gasteiger partial charge on any atom is 0.191 e. The van der Waals surface area contributed by atoms with Crippen LogP contribution in [0.4, 0.5) is 0 Å². The van der Waals surface area contributed by atoms with Crippen molar-refractivity contribution in [1.82, 2.24) is 14.8 Å². The molecule has 2 heterocycles. The molecule has 132 valence electrons. The first-order valence-electron chi connectivity index (χ1n) is 8.51. The molecule has 0 fully saturated rings. The monoisotopic (exact) mass is 373 g/mol. The highest BCUT2D eigenvalue weighted by Crippen LogP contribution is 2.30. The zero-order valence-corrected chi connectivity index (χ0v) is 16.5. The molecular formula is C19H23N3OS2. The molecule has 0 aliphatic heterocycles. The van der Waals surface area contributed by atoms with Crippen molar-refractivity contribution in [3.8, 4) is 17.1 Å². The van der Waals surface area contributed by atoms with Gasteiger partial charge in [-0.1, -0.05) is 37.7 Å². The van der Waals surface area contributed by atoms with Crippen molar-refractivity contribution in [2.75, 3.05) is 7.11 Å². The molecule has 0 saturated carbocycles. The summed E-state index contributed by atoms with van der Waals surface area (Å²) in [6.45, 7) is 5.30. The minimum atomic E-state index is 0.850. The number of thiophene rings is 1. The van der Waals surface area contributed by atoms with Crippen molar-refractivity contribution in [3.05, 3.63) is 46.2 Å². The van der Waals surface area contributed by atoms with E-state index in [0.717, 1.165) is 41.9 Å². The number of rotatable bonds is 8. The molecule has 0 aliphatic carbocycles. The summed E-state index contributed by atoms with van der Waals surface area (Å²) in [5.41, 5.74) is 2.40. The van der Waals surface area contributed by atoms with Gasteiger partial charge >= 0.3 is 0 Å². The van der Waals surface area contributed by atoms with E-state index in [1.54, 1.807) is 30.2 Å². The maximum absolute atomic E-state index is 5.30. The fourth-order valence-electron chi connectivity index (χ4n) is 2.63.